The van der Waals surface area contributed by atoms with Gasteiger partial charge in [0.2, 0.25) is 0 Å². The molecule has 0 aliphatic rings. The van der Waals surface area contributed by atoms with Gasteiger partial charge in [-0.25, -0.2) is 22.0 Å². The van der Waals surface area contributed by atoms with Crippen LogP contribution in [0.1, 0.15) is 15.9 Å². The number of hydrogen-bond acceptors (Lipinski definition) is 5. The van der Waals surface area contributed by atoms with E-state index in [2.05, 4.69) is 10.0 Å². The predicted molar refractivity (Wildman–Crippen MR) is 122 cm³/mol. The Morgan fingerprint density at radius 1 is 0.941 bits per heavy atom. The molecule has 3 rings (SSSR count). The molecule has 0 aromatic heterocycles. The molecule has 0 aliphatic heterocycles. The van der Waals surface area contributed by atoms with E-state index >= 15 is 0 Å². The first kappa shape index (κ1) is 25.1. The Morgan fingerprint density at radius 3 is 2.38 bits per heavy atom. The Bertz CT molecular complexity index is 1300. The molecule has 0 fully saturated rings. The Kier molecular flexibility index (Phi) is 8.19. The summed E-state index contributed by atoms with van der Waals surface area (Å²) in [6.45, 7) is -0.191. The van der Waals surface area contributed by atoms with Crippen molar-refractivity contribution in [1.29, 1.82) is 0 Å². The molecule has 0 spiro atoms. The van der Waals surface area contributed by atoms with Crippen LogP contribution in [0.2, 0.25) is 5.02 Å². The van der Waals surface area contributed by atoms with Crippen LogP contribution in [0.4, 0.5) is 14.5 Å². The predicted octanol–water partition coefficient (Wildman–Crippen LogP) is 3.93. The van der Waals surface area contributed by atoms with Crippen LogP contribution in [0.5, 0.6) is 0 Å². The average Bonchev–Trinajstić information content (AvgIpc) is 2.80. The van der Waals surface area contributed by atoms with Crippen LogP contribution in [0, 0.1) is 11.6 Å². The second-order valence-electron chi connectivity index (χ2n) is 7.06. The first-order valence-electron chi connectivity index (χ1n) is 9.90. The Hall–Kier alpha value is -3.50. The van der Waals surface area contributed by atoms with Gasteiger partial charge >= 0.3 is 5.97 Å². The molecule has 11 heteroatoms. The smallest absolute Gasteiger partial charge is 0.338 e. The zero-order valence-electron chi connectivity index (χ0n) is 17.6. The van der Waals surface area contributed by atoms with Crippen LogP contribution in [-0.2, 0) is 26.0 Å². The highest BCUT2D eigenvalue weighted by molar-refractivity contribution is 7.92. The van der Waals surface area contributed by atoms with E-state index in [1.54, 1.807) is 12.1 Å². The molecule has 3 aromatic carbocycles. The molecule has 34 heavy (non-hydrogen) atoms. The maximum absolute atomic E-state index is 13.4. The van der Waals surface area contributed by atoms with Crippen molar-refractivity contribution < 1.29 is 31.5 Å². The van der Waals surface area contributed by atoms with Crippen molar-refractivity contribution in [3.8, 4) is 0 Å². The van der Waals surface area contributed by atoms with E-state index in [0.717, 1.165) is 11.6 Å². The topological polar surface area (TPSA) is 102 Å². The molecular formula is C23H19ClF2N2O5S. The molecular weight excluding hydrogens is 490 g/mol. The summed E-state index contributed by atoms with van der Waals surface area (Å²) < 4.78 is 58.4. The van der Waals surface area contributed by atoms with Gasteiger partial charge in [-0.15, -0.1) is 0 Å². The van der Waals surface area contributed by atoms with Gasteiger partial charge in [-0.1, -0.05) is 29.8 Å². The number of hydrogen-bond donors (Lipinski definition) is 2. The monoisotopic (exact) mass is 508 g/mol. The number of halogens is 3. The van der Waals surface area contributed by atoms with Crippen molar-refractivity contribution in [2.24, 2.45) is 0 Å². The molecule has 178 valence electrons. The minimum Gasteiger partial charge on any atom is -0.452 e. The number of benzene rings is 3. The van der Waals surface area contributed by atoms with Crippen LogP contribution in [0.15, 0.2) is 71.6 Å². The maximum Gasteiger partial charge on any atom is 0.338 e. The molecule has 0 saturated heterocycles. The van der Waals surface area contributed by atoms with Gasteiger partial charge in [0.05, 0.1) is 10.5 Å². The number of anilines is 1. The largest absolute Gasteiger partial charge is 0.452 e. The quantitative estimate of drug-likeness (QED) is 0.426. The summed E-state index contributed by atoms with van der Waals surface area (Å²) >= 11 is 5.82. The average molecular weight is 509 g/mol. The molecule has 0 atom stereocenters. The lowest BCUT2D eigenvalue weighted by atomic mass is 10.1. The highest BCUT2D eigenvalue weighted by Crippen LogP contribution is 2.19. The second-order valence-corrected chi connectivity index (χ2v) is 9.18. The summed E-state index contributed by atoms with van der Waals surface area (Å²) in [4.78, 5) is 23.7. The van der Waals surface area contributed by atoms with Crippen LogP contribution in [-0.4, -0.2) is 33.4 Å². The Morgan fingerprint density at radius 2 is 1.68 bits per heavy atom. The molecule has 3 aromatic rings. The fraction of sp³-hybridized carbons (Fsp3) is 0.130. The molecule has 0 radical (unpaired) electrons. The SMILES string of the molecule is O=C(COC(=O)c1cccc(NS(=O)(=O)c2ccc(F)c(F)c2)c1)NCCc1ccc(Cl)cc1. The Balaban J connectivity index is 1.53. The van der Waals surface area contributed by atoms with Gasteiger partial charge in [0, 0.05) is 17.3 Å². The fourth-order valence-electron chi connectivity index (χ4n) is 2.83. The third-order valence-electron chi connectivity index (χ3n) is 4.54. The minimum absolute atomic E-state index is 0.00778. The lowest BCUT2D eigenvalue weighted by Crippen LogP contribution is -2.30. The van der Waals surface area contributed by atoms with Crippen molar-refractivity contribution in [1.82, 2.24) is 5.32 Å². The molecule has 2 N–H and O–H groups in total. The van der Waals surface area contributed by atoms with Crippen molar-refractivity contribution in [2.45, 2.75) is 11.3 Å². The van der Waals surface area contributed by atoms with Crippen molar-refractivity contribution in [2.75, 3.05) is 17.9 Å². The molecule has 1 amide bonds. The molecule has 0 aliphatic carbocycles. The summed E-state index contributed by atoms with van der Waals surface area (Å²) in [6.07, 6.45) is 0.566. The van der Waals surface area contributed by atoms with Crippen LogP contribution < -0.4 is 10.0 Å². The summed E-state index contributed by atoms with van der Waals surface area (Å²) in [7, 11) is -4.24. The molecule has 0 bridgehead atoms. The summed E-state index contributed by atoms with van der Waals surface area (Å²) in [5.41, 5.74) is 0.954. The number of ether oxygens (including phenoxy) is 1. The van der Waals surface area contributed by atoms with E-state index in [0.29, 0.717) is 30.1 Å². The van der Waals surface area contributed by atoms with E-state index in [-0.39, 0.29) is 11.3 Å². The van der Waals surface area contributed by atoms with Gasteiger partial charge < -0.3 is 10.1 Å². The summed E-state index contributed by atoms with van der Waals surface area (Å²) in [5, 5.41) is 3.24. The van der Waals surface area contributed by atoms with Crippen molar-refractivity contribution in [3.05, 3.63) is 94.5 Å². The lowest BCUT2D eigenvalue weighted by Gasteiger charge is -2.10. The third-order valence-corrected chi connectivity index (χ3v) is 6.17. The highest BCUT2D eigenvalue weighted by atomic mass is 35.5. The molecule has 7 nitrogen and oxygen atoms in total. The van der Waals surface area contributed by atoms with Crippen LogP contribution in [0.25, 0.3) is 0 Å². The third kappa shape index (κ3) is 7.00. The van der Waals surface area contributed by atoms with Gasteiger partial charge in [-0.05, 0) is 60.5 Å². The zero-order valence-corrected chi connectivity index (χ0v) is 19.1. The maximum atomic E-state index is 13.4. The number of sulfonamides is 1. The van der Waals surface area contributed by atoms with E-state index in [1.807, 2.05) is 12.1 Å². The molecule has 0 unspecified atom stereocenters. The van der Waals surface area contributed by atoms with Gasteiger partial charge in [0.25, 0.3) is 15.9 Å². The number of carbonyl (C=O) groups is 2. The van der Waals surface area contributed by atoms with Crippen molar-refractivity contribution in [3.63, 3.8) is 0 Å². The normalized spacial score (nSPS) is 11.0. The fourth-order valence-corrected chi connectivity index (χ4v) is 4.02. The number of nitrogens with one attached hydrogen (secondary N) is 2. The van der Waals surface area contributed by atoms with Gasteiger partial charge in [-0.2, -0.15) is 0 Å². The van der Waals surface area contributed by atoms with Crippen LogP contribution >= 0.6 is 11.6 Å². The number of esters is 1. The first-order valence-corrected chi connectivity index (χ1v) is 11.8. The van der Waals surface area contributed by atoms with E-state index in [1.165, 1.54) is 24.3 Å². The second kappa shape index (κ2) is 11.1. The van der Waals surface area contributed by atoms with Gasteiger partial charge in [0.15, 0.2) is 18.2 Å². The minimum atomic E-state index is -4.24. The van der Waals surface area contributed by atoms with E-state index in [4.69, 9.17) is 16.3 Å². The van der Waals surface area contributed by atoms with Gasteiger partial charge in [-0.3, -0.25) is 9.52 Å². The highest BCUT2D eigenvalue weighted by Gasteiger charge is 2.18. The molecule has 0 saturated carbocycles. The summed E-state index contributed by atoms with van der Waals surface area (Å²) in [6, 6.07) is 14.6. The standard InChI is InChI=1S/C23H19ClF2N2O5S/c24-17-6-4-15(5-7-17)10-11-27-22(29)14-33-23(30)16-2-1-3-18(12-16)28-34(31,32)19-8-9-20(25)21(26)13-19/h1-9,12-13,28H,10-11,14H2,(H,27,29). The lowest BCUT2D eigenvalue weighted by molar-refractivity contribution is -0.124. The van der Waals surface area contributed by atoms with Crippen molar-refractivity contribution >= 4 is 39.2 Å². The zero-order chi connectivity index (χ0) is 24.7. The number of rotatable bonds is 9. The number of amides is 1. The van der Waals surface area contributed by atoms with Gasteiger partial charge in [0.1, 0.15) is 0 Å². The van der Waals surface area contributed by atoms with E-state index in [9.17, 15) is 26.8 Å². The Labute approximate surface area is 199 Å². The number of carbonyl (C=O) groups excluding carboxylic acids is 2. The van der Waals surface area contributed by atoms with E-state index < -0.39 is 45.0 Å². The van der Waals surface area contributed by atoms with Crippen LogP contribution in [0.3, 0.4) is 0 Å². The summed E-state index contributed by atoms with van der Waals surface area (Å²) in [5.74, 6) is -3.84. The molecule has 0 heterocycles. The first-order chi connectivity index (χ1) is 16.1.